The van der Waals surface area contributed by atoms with Gasteiger partial charge >= 0.3 is 0 Å². The van der Waals surface area contributed by atoms with E-state index < -0.39 is 0 Å². The minimum absolute atomic E-state index is 0.0395. The number of hydrogen-bond donors (Lipinski definition) is 3. The van der Waals surface area contributed by atoms with E-state index in [1.165, 1.54) is 0 Å². The van der Waals surface area contributed by atoms with Gasteiger partial charge in [-0.15, -0.1) is 0 Å². The molecule has 1 saturated carbocycles. The summed E-state index contributed by atoms with van der Waals surface area (Å²) in [6.45, 7) is 4.99. The van der Waals surface area contributed by atoms with E-state index >= 15 is 0 Å². The van der Waals surface area contributed by atoms with Crippen LogP contribution < -0.4 is 10.6 Å². The summed E-state index contributed by atoms with van der Waals surface area (Å²) in [5.74, 6) is 0.709. The molecule has 0 bridgehead atoms. The van der Waals surface area contributed by atoms with E-state index in [1.807, 2.05) is 24.3 Å². The molecule has 1 aliphatic carbocycles. The predicted molar refractivity (Wildman–Crippen MR) is 85.5 cm³/mol. The molecule has 0 aromatic heterocycles. The zero-order valence-electron chi connectivity index (χ0n) is 12.9. The second kappa shape index (κ2) is 7.46. The molecule has 1 aromatic rings. The van der Waals surface area contributed by atoms with Crippen molar-refractivity contribution < 1.29 is 9.90 Å². The number of nitrogens with one attached hydrogen (secondary N) is 2. The fourth-order valence-electron chi connectivity index (χ4n) is 3.06. The number of carbonyl (C=O) groups is 1. The Kier molecular flexibility index (Phi) is 5.62. The first-order valence-electron chi connectivity index (χ1n) is 7.86. The minimum Gasteiger partial charge on any atom is -0.396 e. The standard InChI is InChI=1S/C17H26N2O2/c1-12(2)19-16-9-4-3-8-15(16)17(21)18-10-13-6-5-7-14(13)11-20/h3-4,8-9,12-14,19-20H,5-7,10-11H2,1-2H3,(H,18,21). The van der Waals surface area contributed by atoms with Gasteiger partial charge in [0.1, 0.15) is 0 Å². The van der Waals surface area contributed by atoms with Gasteiger partial charge < -0.3 is 15.7 Å². The number of aliphatic hydroxyl groups excluding tert-OH is 1. The Labute approximate surface area is 126 Å². The third-order valence-electron chi connectivity index (χ3n) is 4.19. The van der Waals surface area contributed by atoms with Crippen molar-refractivity contribution in [3.63, 3.8) is 0 Å². The van der Waals surface area contributed by atoms with E-state index in [9.17, 15) is 9.90 Å². The fraction of sp³-hybridized carbons (Fsp3) is 0.588. The van der Waals surface area contributed by atoms with E-state index in [4.69, 9.17) is 0 Å². The fourth-order valence-corrected chi connectivity index (χ4v) is 3.06. The molecule has 1 fully saturated rings. The van der Waals surface area contributed by atoms with Gasteiger partial charge in [-0.05, 0) is 50.7 Å². The maximum atomic E-state index is 12.4. The van der Waals surface area contributed by atoms with Gasteiger partial charge in [-0.2, -0.15) is 0 Å². The van der Waals surface area contributed by atoms with Gasteiger partial charge in [-0.25, -0.2) is 0 Å². The first kappa shape index (κ1) is 15.8. The molecule has 2 atom stereocenters. The summed E-state index contributed by atoms with van der Waals surface area (Å²) in [4.78, 5) is 12.4. The van der Waals surface area contributed by atoms with Gasteiger partial charge in [0.05, 0.1) is 5.56 Å². The van der Waals surface area contributed by atoms with Crippen LogP contribution in [0.4, 0.5) is 5.69 Å². The van der Waals surface area contributed by atoms with Gasteiger partial charge in [0.2, 0.25) is 0 Å². The van der Waals surface area contributed by atoms with Crippen molar-refractivity contribution in [2.75, 3.05) is 18.5 Å². The van der Waals surface area contributed by atoms with Crippen molar-refractivity contribution in [2.24, 2.45) is 11.8 Å². The van der Waals surface area contributed by atoms with E-state index in [0.29, 0.717) is 23.9 Å². The number of rotatable bonds is 6. The van der Waals surface area contributed by atoms with Crippen molar-refractivity contribution in [1.29, 1.82) is 0 Å². The largest absolute Gasteiger partial charge is 0.396 e. The van der Waals surface area contributed by atoms with Crippen molar-refractivity contribution in [3.8, 4) is 0 Å². The minimum atomic E-state index is -0.0395. The number of carbonyl (C=O) groups excluding carboxylic acids is 1. The summed E-state index contributed by atoms with van der Waals surface area (Å²) in [6, 6.07) is 7.87. The van der Waals surface area contributed by atoms with Crippen molar-refractivity contribution in [2.45, 2.75) is 39.2 Å². The molecule has 4 nitrogen and oxygen atoms in total. The molecule has 116 valence electrons. The zero-order chi connectivity index (χ0) is 15.2. The molecule has 0 saturated heterocycles. The molecule has 3 N–H and O–H groups in total. The molecule has 0 radical (unpaired) electrons. The number of amides is 1. The normalized spacial score (nSPS) is 21.5. The first-order valence-corrected chi connectivity index (χ1v) is 7.86. The van der Waals surface area contributed by atoms with Gasteiger partial charge in [0.25, 0.3) is 5.91 Å². The summed E-state index contributed by atoms with van der Waals surface area (Å²) in [7, 11) is 0. The summed E-state index contributed by atoms with van der Waals surface area (Å²) < 4.78 is 0. The van der Waals surface area contributed by atoms with E-state index in [2.05, 4.69) is 24.5 Å². The summed E-state index contributed by atoms with van der Waals surface area (Å²) >= 11 is 0. The average Bonchev–Trinajstić information content (AvgIpc) is 2.92. The highest BCUT2D eigenvalue weighted by atomic mass is 16.3. The topological polar surface area (TPSA) is 61.4 Å². The van der Waals surface area contributed by atoms with Crippen molar-refractivity contribution in [1.82, 2.24) is 5.32 Å². The highest BCUT2D eigenvalue weighted by Crippen LogP contribution is 2.30. The summed E-state index contributed by atoms with van der Waals surface area (Å²) in [6.07, 6.45) is 3.32. The van der Waals surface area contributed by atoms with Crippen molar-refractivity contribution >= 4 is 11.6 Å². The Morgan fingerprint density at radius 1 is 1.29 bits per heavy atom. The molecular weight excluding hydrogens is 264 g/mol. The van der Waals surface area contributed by atoms with Gasteiger partial charge in [-0.3, -0.25) is 4.79 Å². The van der Waals surface area contributed by atoms with Crippen LogP contribution in [0, 0.1) is 11.8 Å². The lowest BCUT2D eigenvalue weighted by molar-refractivity contribution is 0.0938. The number of para-hydroxylation sites is 1. The second-order valence-electron chi connectivity index (χ2n) is 6.19. The van der Waals surface area contributed by atoms with Crippen LogP contribution in [0.3, 0.4) is 0 Å². The van der Waals surface area contributed by atoms with Crippen molar-refractivity contribution in [3.05, 3.63) is 29.8 Å². The number of aliphatic hydroxyl groups is 1. The van der Waals surface area contributed by atoms with Crippen LogP contribution in [0.2, 0.25) is 0 Å². The summed E-state index contributed by atoms with van der Waals surface area (Å²) in [5, 5.41) is 15.7. The maximum Gasteiger partial charge on any atom is 0.253 e. The molecule has 21 heavy (non-hydrogen) atoms. The Morgan fingerprint density at radius 2 is 2.00 bits per heavy atom. The van der Waals surface area contributed by atoms with E-state index in [1.54, 1.807) is 0 Å². The zero-order valence-corrected chi connectivity index (χ0v) is 12.9. The Hall–Kier alpha value is -1.55. The van der Waals surface area contributed by atoms with Crippen LogP contribution in [0.1, 0.15) is 43.5 Å². The lowest BCUT2D eigenvalue weighted by atomic mass is 9.97. The van der Waals surface area contributed by atoms with Gasteiger partial charge in [0.15, 0.2) is 0 Å². The number of benzene rings is 1. The van der Waals surface area contributed by atoms with Gasteiger partial charge in [-0.1, -0.05) is 18.6 Å². The summed E-state index contributed by atoms with van der Waals surface area (Å²) in [5.41, 5.74) is 1.56. The van der Waals surface area contributed by atoms with E-state index in [-0.39, 0.29) is 18.6 Å². The third kappa shape index (κ3) is 4.21. The molecule has 0 heterocycles. The van der Waals surface area contributed by atoms with Crippen LogP contribution in [0.25, 0.3) is 0 Å². The molecule has 1 amide bonds. The van der Waals surface area contributed by atoms with Crippen LogP contribution in [0.15, 0.2) is 24.3 Å². The Morgan fingerprint density at radius 3 is 2.71 bits per heavy atom. The monoisotopic (exact) mass is 290 g/mol. The van der Waals surface area contributed by atoms with E-state index in [0.717, 1.165) is 24.9 Å². The molecule has 0 aliphatic heterocycles. The average molecular weight is 290 g/mol. The van der Waals surface area contributed by atoms with Crippen LogP contribution >= 0.6 is 0 Å². The highest BCUT2D eigenvalue weighted by molar-refractivity contribution is 5.99. The molecule has 2 unspecified atom stereocenters. The maximum absolute atomic E-state index is 12.4. The smallest absolute Gasteiger partial charge is 0.253 e. The highest BCUT2D eigenvalue weighted by Gasteiger charge is 2.27. The van der Waals surface area contributed by atoms with Crippen LogP contribution in [-0.4, -0.2) is 30.2 Å². The molecule has 1 aromatic carbocycles. The molecule has 0 spiro atoms. The van der Waals surface area contributed by atoms with Crippen LogP contribution in [-0.2, 0) is 0 Å². The number of hydrogen-bond acceptors (Lipinski definition) is 3. The van der Waals surface area contributed by atoms with Gasteiger partial charge in [0, 0.05) is 24.9 Å². The molecule has 1 aliphatic rings. The molecular formula is C17H26N2O2. The third-order valence-corrected chi connectivity index (χ3v) is 4.19. The lowest BCUT2D eigenvalue weighted by Gasteiger charge is -2.19. The number of anilines is 1. The quantitative estimate of drug-likeness (QED) is 0.755. The second-order valence-corrected chi connectivity index (χ2v) is 6.19. The molecule has 2 rings (SSSR count). The predicted octanol–water partition coefficient (Wildman–Crippen LogP) is 2.65. The molecule has 4 heteroatoms. The Bertz CT molecular complexity index is 474. The van der Waals surface area contributed by atoms with Crippen LogP contribution in [0.5, 0.6) is 0 Å². The Balaban J connectivity index is 1.97. The first-order chi connectivity index (χ1) is 10.1. The SMILES string of the molecule is CC(C)Nc1ccccc1C(=O)NCC1CCCC1CO. The lowest BCUT2D eigenvalue weighted by Crippen LogP contribution is -2.32.